The van der Waals surface area contributed by atoms with Gasteiger partial charge in [-0.2, -0.15) is 0 Å². The first-order chi connectivity index (χ1) is 19.8. The van der Waals surface area contributed by atoms with Crippen LogP contribution in [0, 0.1) is 0 Å². The van der Waals surface area contributed by atoms with Crippen LogP contribution in [0.2, 0.25) is 0 Å². The van der Waals surface area contributed by atoms with Crippen molar-refractivity contribution in [1.82, 2.24) is 0 Å². The Labute approximate surface area is 244 Å². The van der Waals surface area contributed by atoms with E-state index in [1.165, 1.54) is 0 Å². The average Bonchev–Trinajstić information content (AvgIpc) is 3.73. The molecule has 4 aromatic rings. The predicted octanol–water partition coefficient (Wildman–Crippen LogP) is 4.83. The van der Waals surface area contributed by atoms with Crippen molar-refractivity contribution in [2.24, 2.45) is 39.9 Å². The van der Waals surface area contributed by atoms with Gasteiger partial charge in [-0.25, -0.2) is 39.9 Å². The molecule has 1 radical (unpaired) electrons. The number of hydrogen-bond donors (Lipinski definition) is 0. The van der Waals surface area contributed by atoms with Crippen LogP contribution in [0.1, 0.15) is 44.5 Å². The summed E-state index contributed by atoms with van der Waals surface area (Å²) in [6, 6.07) is 31.8. The van der Waals surface area contributed by atoms with Crippen molar-refractivity contribution in [2.75, 3.05) is 0 Å². The smallest absolute Gasteiger partial charge is 0.164 e. The molecule has 0 unspecified atom stereocenters. The van der Waals surface area contributed by atoms with Crippen molar-refractivity contribution in [3.05, 3.63) is 142 Å². The fourth-order valence-corrected chi connectivity index (χ4v) is 5.46. The number of amidine groups is 8. The van der Waals surface area contributed by atoms with Gasteiger partial charge in [-0.05, 0) is 0 Å². The van der Waals surface area contributed by atoms with Gasteiger partial charge in [0, 0.05) is 61.6 Å². The van der Waals surface area contributed by atoms with E-state index in [0.29, 0.717) is 46.7 Å². The molecule has 0 saturated heterocycles. The minimum atomic E-state index is 0. The summed E-state index contributed by atoms with van der Waals surface area (Å²) < 4.78 is 0. The molecule has 191 valence electrons. The fourth-order valence-electron chi connectivity index (χ4n) is 5.46. The molecule has 5 aliphatic rings. The second-order valence-corrected chi connectivity index (χ2v) is 9.67. The molecule has 0 aliphatic carbocycles. The van der Waals surface area contributed by atoms with Crippen LogP contribution in [0.3, 0.4) is 0 Å². The van der Waals surface area contributed by atoms with Gasteiger partial charge in [0.2, 0.25) is 0 Å². The molecular formula is C32H16MnN8. The molecule has 5 heterocycles. The van der Waals surface area contributed by atoms with E-state index < -0.39 is 0 Å². The van der Waals surface area contributed by atoms with Crippen molar-refractivity contribution < 1.29 is 17.1 Å². The number of hydrogen-bond acceptors (Lipinski definition) is 8. The summed E-state index contributed by atoms with van der Waals surface area (Å²) in [5, 5.41) is 0. The second-order valence-electron chi connectivity index (χ2n) is 9.67. The van der Waals surface area contributed by atoms with Crippen LogP contribution in [-0.4, -0.2) is 46.7 Å². The van der Waals surface area contributed by atoms with Crippen LogP contribution in [-0.2, 0) is 17.1 Å². The summed E-state index contributed by atoms with van der Waals surface area (Å²) in [6.45, 7) is 0. The maximum absolute atomic E-state index is 4.95. The van der Waals surface area contributed by atoms with Crippen molar-refractivity contribution in [3.63, 3.8) is 0 Å². The van der Waals surface area contributed by atoms with Gasteiger partial charge in [-0.3, -0.25) is 0 Å². The van der Waals surface area contributed by atoms with Crippen LogP contribution in [0.15, 0.2) is 137 Å². The van der Waals surface area contributed by atoms with Crippen molar-refractivity contribution in [3.8, 4) is 0 Å². The third kappa shape index (κ3) is 3.53. The summed E-state index contributed by atoms with van der Waals surface area (Å²) >= 11 is 0. The molecule has 0 fully saturated rings. The van der Waals surface area contributed by atoms with Crippen LogP contribution in [0.4, 0.5) is 0 Å². The van der Waals surface area contributed by atoms with Crippen molar-refractivity contribution in [1.29, 1.82) is 0 Å². The number of aliphatic imine (C=N–C) groups is 8. The topological polar surface area (TPSA) is 98.9 Å². The van der Waals surface area contributed by atoms with Gasteiger partial charge in [0.25, 0.3) is 0 Å². The molecule has 0 atom stereocenters. The molecular weight excluding hydrogens is 551 g/mol. The van der Waals surface area contributed by atoms with Crippen molar-refractivity contribution >= 4 is 46.7 Å². The van der Waals surface area contributed by atoms with Gasteiger partial charge in [-0.1, -0.05) is 97.1 Å². The van der Waals surface area contributed by atoms with E-state index in [2.05, 4.69) is 0 Å². The number of fused-ring (bicyclic) bond motifs is 16. The summed E-state index contributed by atoms with van der Waals surface area (Å²) in [6.07, 6.45) is 0. The Kier molecular flexibility index (Phi) is 5.12. The minimum Gasteiger partial charge on any atom is -0.208 e. The Morgan fingerprint density at radius 3 is 0.463 bits per heavy atom. The zero-order valence-electron chi connectivity index (χ0n) is 21.2. The van der Waals surface area contributed by atoms with E-state index in [0.717, 1.165) is 44.5 Å². The monoisotopic (exact) mass is 567 g/mol. The first kappa shape index (κ1) is 23.6. The van der Waals surface area contributed by atoms with Crippen LogP contribution in [0.5, 0.6) is 0 Å². The van der Waals surface area contributed by atoms with Crippen LogP contribution >= 0.6 is 0 Å². The standard InChI is InChI=1S/C32H16N8.Mn/c1-2-10-18-17(9-1)25-33-26(18)38-28-21-13-5-6-14-22(21)30(35-28)40-32-24-16-8-7-15-23(24)31(36-32)39-29-20-12-4-3-11-19(20)27(34-29)37-25;/h1-16H;. The molecule has 8 bridgehead atoms. The summed E-state index contributed by atoms with van der Waals surface area (Å²) in [5.41, 5.74) is 7.15. The van der Waals surface area contributed by atoms with E-state index in [-0.39, 0.29) is 17.1 Å². The van der Waals surface area contributed by atoms with E-state index in [1.54, 1.807) is 0 Å². The Morgan fingerprint density at radius 2 is 0.341 bits per heavy atom. The quantitative estimate of drug-likeness (QED) is 0.272. The summed E-state index contributed by atoms with van der Waals surface area (Å²) in [7, 11) is 0. The van der Waals surface area contributed by atoms with Crippen molar-refractivity contribution in [2.45, 2.75) is 0 Å². The van der Waals surface area contributed by atoms with Crippen LogP contribution in [0.25, 0.3) is 0 Å². The second kappa shape index (κ2) is 8.89. The zero-order chi connectivity index (χ0) is 26.2. The molecule has 4 aromatic carbocycles. The molecule has 5 aliphatic heterocycles. The summed E-state index contributed by atoms with van der Waals surface area (Å²) in [5.74, 6) is 4.42. The normalized spacial score (nSPS) is 16.8. The van der Waals surface area contributed by atoms with Gasteiger partial charge in [-0.15, -0.1) is 0 Å². The minimum absolute atomic E-state index is 0. The molecule has 0 saturated carbocycles. The first-order valence-electron chi connectivity index (χ1n) is 12.9. The molecule has 0 aromatic heterocycles. The van der Waals surface area contributed by atoms with Gasteiger partial charge in [0.05, 0.1) is 0 Å². The molecule has 0 amide bonds. The van der Waals surface area contributed by atoms with Gasteiger partial charge in [0.15, 0.2) is 46.7 Å². The zero-order valence-corrected chi connectivity index (χ0v) is 22.4. The third-order valence-electron chi connectivity index (χ3n) is 7.33. The fraction of sp³-hybridized carbons (Fsp3) is 0. The molecule has 9 heteroatoms. The number of rotatable bonds is 0. The van der Waals surface area contributed by atoms with Gasteiger partial charge < -0.3 is 0 Å². The van der Waals surface area contributed by atoms with E-state index in [4.69, 9.17) is 39.9 Å². The molecule has 9 rings (SSSR count). The average molecular weight is 567 g/mol. The molecule has 41 heavy (non-hydrogen) atoms. The first-order valence-corrected chi connectivity index (χ1v) is 12.9. The van der Waals surface area contributed by atoms with Gasteiger partial charge >= 0.3 is 0 Å². The Hall–Kier alpha value is -5.24. The molecule has 8 nitrogen and oxygen atoms in total. The maximum Gasteiger partial charge on any atom is 0.164 e. The third-order valence-corrected chi connectivity index (χ3v) is 7.33. The molecule has 0 spiro atoms. The largest absolute Gasteiger partial charge is 0.208 e. The van der Waals surface area contributed by atoms with E-state index in [9.17, 15) is 0 Å². The molecule has 0 N–H and O–H groups in total. The SMILES string of the molecule is [Mn].c1ccc2c(c1)C1=NC2=NC2=NC(=NC3=NC(=NC4=NC(=N1)c1ccccc14)c1ccccc13)c1ccccc12. The predicted molar refractivity (Wildman–Crippen MR) is 158 cm³/mol. The summed E-state index contributed by atoms with van der Waals surface area (Å²) in [4.78, 5) is 39.3. The maximum atomic E-state index is 4.95. The Morgan fingerprint density at radius 1 is 0.220 bits per heavy atom. The van der Waals surface area contributed by atoms with Gasteiger partial charge in [0.1, 0.15) is 0 Å². The van der Waals surface area contributed by atoms with Crippen LogP contribution < -0.4 is 0 Å². The van der Waals surface area contributed by atoms with E-state index in [1.807, 2.05) is 97.1 Å². The Balaban J connectivity index is 0.00000256. The Bertz CT molecular complexity index is 1790. The number of nitrogens with zero attached hydrogens (tertiary/aromatic N) is 8. The van der Waals surface area contributed by atoms with E-state index >= 15 is 0 Å². The number of benzene rings is 4.